The molecule has 47 heavy (non-hydrogen) atoms. The minimum atomic E-state index is -0.901. The van der Waals surface area contributed by atoms with Crippen molar-refractivity contribution in [3.8, 4) is 11.1 Å². The van der Waals surface area contributed by atoms with E-state index in [1.165, 1.54) is 102 Å². The fourth-order valence-corrected chi connectivity index (χ4v) is 6.64. The summed E-state index contributed by atoms with van der Waals surface area (Å²) in [5, 5.41) is 9.55. The second-order valence-corrected chi connectivity index (χ2v) is 13.6. The van der Waals surface area contributed by atoms with Crippen LogP contribution < -0.4 is 0 Å². The molecule has 0 radical (unpaired) electrons. The van der Waals surface area contributed by atoms with Crippen LogP contribution in [-0.2, 0) is 19.9 Å². The topological polar surface area (TPSA) is 55.8 Å². The van der Waals surface area contributed by atoms with E-state index in [0.29, 0.717) is 18.6 Å². The summed E-state index contributed by atoms with van der Waals surface area (Å²) < 4.78 is 12.9. The molecule has 260 valence electrons. The Bertz CT molecular complexity index is 1200. The average molecular weight is 645 g/mol. The van der Waals surface area contributed by atoms with E-state index in [4.69, 9.17) is 9.47 Å². The zero-order valence-electron chi connectivity index (χ0n) is 29.9. The van der Waals surface area contributed by atoms with Gasteiger partial charge in [0.1, 0.15) is 5.60 Å². The molecule has 4 nitrogen and oxygen atoms in total. The first-order valence-electron chi connectivity index (χ1n) is 19.1. The molecule has 0 saturated heterocycles. The minimum absolute atomic E-state index is 0.0555. The lowest BCUT2D eigenvalue weighted by Crippen LogP contribution is -2.30. The van der Waals surface area contributed by atoms with Crippen molar-refractivity contribution in [3.05, 3.63) is 83.5 Å². The van der Waals surface area contributed by atoms with Crippen LogP contribution in [0.15, 0.2) is 72.3 Å². The van der Waals surface area contributed by atoms with Gasteiger partial charge in [-0.1, -0.05) is 171 Å². The Morgan fingerprint density at radius 2 is 1.26 bits per heavy atom. The highest BCUT2D eigenvalue weighted by atomic mass is 16.5. The number of aliphatic carboxylic acids is 1. The molecule has 0 saturated carbocycles. The third kappa shape index (κ3) is 13.8. The van der Waals surface area contributed by atoms with Crippen molar-refractivity contribution in [2.45, 2.75) is 154 Å². The lowest BCUT2D eigenvalue weighted by atomic mass is 9.81. The summed E-state index contributed by atoms with van der Waals surface area (Å²) in [6.07, 6.45) is 29.6. The van der Waals surface area contributed by atoms with Crippen LogP contribution in [0.3, 0.4) is 0 Å². The highest BCUT2D eigenvalue weighted by molar-refractivity contribution is 5.90. The third-order valence-electron chi connectivity index (χ3n) is 9.70. The first-order valence-corrected chi connectivity index (χ1v) is 19.1. The van der Waals surface area contributed by atoms with Crippen LogP contribution in [0.4, 0.5) is 0 Å². The molecule has 3 rings (SSSR count). The molecule has 0 aliphatic heterocycles. The summed E-state index contributed by atoms with van der Waals surface area (Å²) in [5.74, 6) is -0.901. The fraction of sp³-hybridized carbons (Fsp3) is 0.605. The summed E-state index contributed by atoms with van der Waals surface area (Å²) in [4.78, 5) is 11.6. The number of carbonyl (C=O) groups is 1. The molecule has 0 heterocycles. The van der Waals surface area contributed by atoms with Gasteiger partial charge in [0.2, 0.25) is 0 Å². The van der Waals surface area contributed by atoms with Crippen molar-refractivity contribution in [3.63, 3.8) is 0 Å². The van der Waals surface area contributed by atoms with Crippen LogP contribution in [0.2, 0.25) is 0 Å². The van der Waals surface area contributed by atoms with Gasteiger partial charge in [-0.3, -0.25) is 0 Å². The van der Waals surface area contributed by atoms with Gasteiger partial charge in [-0.2, -0.15) is 0 Å². The lowest BCUT2D eigenvalue weighted by molar-refractivity contribution is -0.132. The van der Waals surface area contributed by atoms with E-state index >= 15 is 0 Å². The smallest absolute Gasteiger partial charge is 0.335 e. The van der Waals surface area contributed by atoms with Crippen molar-refractivity contribution in [1.82, 2.24) is 0 Å². The van der Waals surface area contributed by atoms with Gasteiger partial charge in [0.15, 0.2) is 0 Å². The minimum Gasteiger partial charge on any atom is -0.478 e. The van der Waals surface area contributed by atoms with Crippen LogP contribution in [0.5, 0.6) is 0 Å². The lowest BCUT2D eigenvalue weighted by Gasteiger charge is -2.34. The van der Waals surface area contributed by atoms with E-state index in [9.17, 15) is 9.90 Å². The van der Waals surface area contributed by atoms with Gasteiger partial charge in [0.05, 0.1) is 11.7 Å². The van der Waals surface area contributed by atoms with E-state index in [1.807, 2.05) is 12.1 Å². The van der Waals surface area contributed by atoms with Crippen molar-refractivity contribution >= 4 is 5.97 Å². The van der Waals surface area contributed by atoms with E-state index in [1.54, 1.807) is 12.2 Å². The quantitative estimate of drug-likeness (QED) is 0.104. The summed E-state index contributed by atoms with van der Waals surface area (Å²) >= 11 is 0. The number of carboxylic acid groups (broad SMARTS) is 1. The Hall–Kier alpha value is -2.69. The first-order chi connectivity index (χ1) is 23.0. The number of carboxylic acids is 1. The number of hydrogen-bond acceptors (Lipinski definition) is 3. The standard InChI is InChI=1S/C43H64O4/c1-4-6-8-10-11-12-13-14-15-16-17-18-19-22-34-46-36(3)37-26-28-38(29-27-37)40-24-20-21-25-41(40)43(47-35-23-9-7-5-2)32-30-39(31-33-43)42(44)45/h20-21,24-32,36H,4-19,22-23,33-35H2,1-3H3,(H,44,45). The molecular formula is C43H64O4. The van der Waals surface area contributed by atoms with Crippen LogP contribution in [-0.4, -0.2) is 24.3 Å². The van der Waals surface area contributed by atoms with E-state index in [-0.39, 0.29) is 6.10 Å². The maximum atomic E-state index is 11.6. The molecule has 0 spiro atoms. The molecule has 0 amide bonds. The van der Waals surface area contributed by atoms with Crippen LogP contribution >= 0.6 is 0 Å². The van der Waals surface area contributed by atoms with Gasteiger partial charge in [0.25, 0.3) is 0 Å². The largest absolute Gasteiger partial charge is 0.478 e. The zero-order chi connectivity index (χ0) is 33.6. The second kappa shape index (κ2) is 22.8. The molecule has 2 aromatic rings. The van der Waals surface area contributed by atoms with Crippen molar-refractivity contribution in [2.75, 3.05) is 13.2 Å². The normalized spacial score (nSPS) is 16.7. The third-order valence-corrected chi connectivity index (χ3v) is 9.70. The highest BCUT2D eigenvalue weighted by Crippen LogP contribution is 2.41. The molecular weight excluding hydrogens is 580 g/mol. The zero-order valence-corrected chi connectivity index (χ0v) is 29.9. The monoisotopic (exact) mass is 644 g/mol. The van der Waals surface area contributed by atoms with Crippen molar-refractivity contribution in [1.29, 1.82) is 0 Å². The molecule has 4 heteroatoms. The molecule has 0 fully saturated rings. The van der Waals surface area contributed by atoms with Crippen LogP contribution in [0.25, 0.3) is 11.1 Å². The van der Waals surface area contributed by atoms with Gasteiger partial charge in [-0.05, 0) is 54.2 Å². The van der Waals surface area contributed by atoms with Gasteiger partial charge in [-0.25, -0.2) is 4.79 Å². The summed E-state index contributed by atoms with van der Waals surface area (Å²) in [6, 6.07) is 17.1. The maximum absolute atomic E-state index is 11.6. The fourth-order valence-electron chi connectivity index (χ4n) is 6.64. The number of rotatable bonds is 26. The molecule has 0 bridgehead atoms. The number of hydrogen-bond donors (Lipinski definition) is 1. The predicted molar refractivity (Wildman–Crippen MR) is 198 cm³/mol. The Kier molecular flexibility index (Phi) is 18.8. The van der Waals surface area contributed by atoms with E-state index in [2.05, 4.69) is 63.2 Å². The molecule has 0 aromatic heterocycles. The number of benzene rings is 2. The molecule has 2 atom stereocenters. The molecule has 1 aliphatic carbocycles. The van der Waals surface area contributed by atoms with Crippen LogP contribution in [0.1, 0.15) is 160 Å². The number of unbranched alkanes of at least 4 members (excludes halogenated alkanes) is 16. The average Bonchev–Trinajstić information content (AvgIpc) is 3.10. The summed E-state index contributed by atoms with van der Waals surface area (Å²) in [5.41, 5.74) is 4.12. The number of ether oxygens (including phenoxy) is 2. The maximum Gasteiger partial charge on any atom is 0.335 e. The highest BCUT2D eigenvalue weighted by Gasteiger charge is 2.34. The van der Waals surface area contributed by atoms with Gasteiger partial charge >= 0.3 is 5.97 Å². The summed E-state index contributed by atoms with van der Waals surface area (Å²) in [6.45, 7) is 8.09. The molecule has 1 N–H and O–H groups in total. The van der Waals surface area contributed by atoms with Gasteiger partial charge < -0.3 is 14.6 Å². The van der Waals surface area contributed by atoms with Crippen molar-refractivity contribution < 1.29 is 19.4 Å². The van der Waals surface area contributed by atoms with Gasteiger partial charge in [0, 0.05) is 19.6 Å². The first kappa shape index (κ1) is 38.8. The van der Waals surface area contributed by atoms with E-state index < -0.39 is 11.6 Å². The Morgan fingerprint density at radius 1 is 0.723 bits per heavy atom. The Labute approximate surface area is 287 Å². The molecule has 2 aromatic carbocycles. The van der Waals surface area contributed by atoms with Gasteiger partial charge in [-0.15, -0.1) is 0 Å². The SMILES string of the molecule is CCCCCCCCCCCCCCCCOC(C)c1ccc(-c2ccccc2C2(OCCCCCC)C=CC(C(=O)O)=CC2)cc1. The predicted octanol–water partition coefficient (Wildman–Crippen LogP) is 12.7. The van der Waals surface area contributed by atoms with E-state index in [0.717, 1.165) is 42.6 Å². The summed E-state index contributed by atoms with van der Waals surface area (Å²) in [7, 11) is 0. The molecule has 2 unspecified atom stereocenters. The molecule has 1 aliphatic rings. The van der Waals surface area contributed by atoms with Crippen molar-refractivity contribution in [2.24, 2.45) is 0 Å². The Morgan fingerprint density at radius 3 is 1.81 bits per heavy atom. The Balaban J connectivity index is 1.46. The second-order valence-electron chi connectivity index (χ2n) is 13.6. The van der Waals surface area contributed by atoms with Crippen LogP contribution in [0, 0.1) is 0 Å².